The topological polar surface area (TPSA) is 142 Å². The number of nitro groups is 2. The van der Waals surface area contributed by atoms with Gasteiger partial charge in [-0.3, -0.25) is 20.2 Å². The SMILES string of the molecule is CC(=O)CCCCOC1CC([N+](=O)[O-])C([N+](=O)[O-])C(CO)CO1. The molecule has 0 aromatic carbocycles. The van der Waals surface area contributed by atoms with Crippen LogP contribution < -0.4 is 0 Å². The van der Waals surface area contributed by atoms with E-state index in [1.807, 2.05) is 0 Å². The van der Waals surface area contributed by atoms with Gasteiger partial charge in [0.05, 0.1) is 25.6 Å². The summed E-state index contributed by atoms with van der Waals surface area (Å²) < 4.78 is 10.7. The summed E-state index contributed by atoms with van der Waals surface area (Å²) in [4.78, 5) is 31.6. The quantitative estimate of drug-likeness (QED) is 0.363. The first-order valence-corrected chi connectivity index (χ1v) is 7.47. The van der Waals surface area contributed by atoms with Crippen LogP contribution in [0.5, 0.6) is 0 Å². The van der Waals surface area contributed by atoms with Gasteiger partial charge in [-0.1, -0.05) is 0 Å². The number of hydrogen-bond acceptors (Lipinski definition) is 8. The Morgan fingerprint density at radius 2 is 2.00 bits per heavy atom. The van der Waals surface area contributed by atoms with Gasteiger partial charge in [0.1, 0.15) is 5.78 Å². The van der Waals surface area contributed by atoms with Gasteiger partial charge in [-0.2, -0.15) is 0 Å². The summed E-state index contributed by atoms with van der Waals surface area (Å²) in [6.45, 7) is 0.991. The summed E-state index contributed by atoms with van der Waals surface area (Å²) in [5, 5.41) is 31.5. The summed E-state index contributed by atoms with van der Waals surface area (Å²) in [6, 6.07) is -2.99. The van der Waals surface area contributed by atoms with E-state index in [9.17, 15) is 30.1 Å². The Balaban J connectivity index is 2.62. The molecule has 0 aromatic heterocycles. The van der Waals surface area contributed by atoms with Crippen LogP contribution in [0.4, 0.5) is 0 Å². The molecular formula is C13H22N2O8. The minimum absolute atomic E-state index is 0.0729. The van der Waals surface area contributed by atoms with Crippen molar-refractivity contribution in [3.8, 4) is 0 Å². The third-order valence-electron chi connectivity index (χ3n) is 3.78. The largest absolute Gasteiger partial charge is 0.396 e. The second-order valence-corrected chi connectivity index (χ2v) is 5.60. The lowest BCUT2D eigenvalue weighted by atomic mass is 9.94. The Bertz CT molecular complexity index is 430. The van der Waals surface area contributed by atoms with Crippen molar-refractivity contribution in [1.82, 2.24) is 0 Å². The number of unbranched alkanes of at least 4 members (excludes halogenated alkanes) is 1. The minimum atomic E-state index is -1.51. The minimum Gasteiger partial charge on any atom is -0.396 e. The monoisotopic (exact) mass is 334 g/mol. The number of Topliss-reactive ketones (excluding diaryl/α,β-unsaturated/α-hetero) is 1. The number of ether oxygens (including phenoxy) is 2. The van der Waals surface area contributed by atoms with Gasteiger partial charge in [-0.05, 0) is 19.8 Å². The van der Waals surface area contributed by atoms with Crippen molar-refractivity contribution in [2.75, 3.05) is 19.8 Å². The van der Waals surface area contributed by atoms with Crippen LogP contribution in [0.1, 0.15) is 32.6 Å². The fraction of sp³-hybridized carbons (Fsp3) is 0.923. The van der Waals surface area contributed by atoms with Gasteiger partial charge in [-0.15, -0.1) is 0 Å². The molecule has 0 bridgehead atoms. The fourth-order valence-electron chi connectivity index (χ4n) is 2.54. The van der Waals surface area contributed by atoms with E-state index in [0.717, 1.165) is 0 Å². The number of nitrogens with zero attached hydrogens (tertiary/aromatic N) is 2. The Morgan fingerprint density at radius 1 is 1.30 bits per heavy atom. The summed E-state index contributed by atoms with van der Waals surface area (Å²) in [5.74, 6) is -0.879. The molecule has 132 valence electrons. The summed E-state index contributed by atoms with van der Waals surface area (Å²) in [7, 11) is 0. The van der Waals surface area contributed by atoms with Gasteiger partial charge >= 0.3 is 0 Å². The Labute approximate surface area is 133 Å². The maximum absolute atomic E-state index is 11.2. The molecule has 4 atom stereocenters. The molecular weight excluding hydrogens is 312 g/mol. The number of carbonyl (C=O) groups excluding carboxylic acids is 1. The molecule has 4 unspecified atom stereocenters. The zero-order valence-corrected chi connectivity index (χ0v) is 13.0. The Morgan fingerprint density at radius 3 is 2.52 bits per heavy atom. The zero-order chi connectivity index (χ0) is 17.4. The number of rotatable bonds is 9. The van der Waals surface area contributed by atoms with E-state index >= 15 is 0 Å². The smallest absolute Gasteiger partial charge is 0.286 e. The van der Waals surface area contributed by atoms with Crippen LogP contribution in [-0.4, -0.2) is 58.9 Å². The molecule has 10 heteroatoms. The van der Waals surface area contributed by atoms with E-state index in [0.29, 0.717) is 19.3 Å². The van der Waals surface area contributed by atoms with Crippen molar-refractivity contribution in [1.29, 1.82) is 0 Å². The number of ketones is 1. The molecule has 0 radical (unpaired) electrons. The summed E-state index contributed by atoms with van der Waals surface area (Å²) in [6.07, 6.45) is 0.480. The van der Waals surface area contributed by atoms with E-state index < -0.39 is 40.7 Å². The van der Waals surface area contributed by atoms with Crippen molar-refractivity contribution < 1.29 is 29.2 Å². The molecule has 1 N–H and O–H groups in total. The van der Waals surface area contributed by atoms with Crippen LogP contribution in [-0.2, 0) is 14.3 Å². The van der Waals surface area contributed by atoms with Crippen molar-refractivity contribution in [2.24, 2.45) is 5.92 Å². The first-order chi connectivity index (χ1) is 10.9. The lowest BCUT2D eigenvalue weighted by molar-refractivity contribution is -0.624. The number of aliphatic hydroxyl groups is 1. The van der Waals surface area contributed by atoms with Crippen molar-refractivity contribution in [3.63, 3.8) is 0 Å². The molecule has 0 aromatic rings. The molecule has 0 spiro atoms. The summed E-state index contributed by atoms with van der Waals surface area (Å²) in [5.41, 5.74) is 0. The molecule has 0 aliphatic carbocycles. The van der Waals surface area contributed by atoms with Gasteiger partial charge in [0.2, 0.25) is 0 Å². The van der Waals surface area contributed by atoms with Crippen LogP contribution in [0.25, 0.3) is 0 Å². The second kappa shape index (κ2) is 9.48. The van der Waals surface area contributed by atoms with Crippen LogP contribution in [0.15, 0.2) is 0 Å². The highest BCUT2D eigenvalue weighted by molar-refractivity contribution is 5.75. The molecule has 1 fully saturated rings. The van der Waals surface area contributed by atoms with Gasteiger partial charge < -0.3 is 19.4 Å². The number of hydrogen-bond donors (Lipinski definition) is 1. The van der Waals surface area contributed by atoms with Gasteiger partial charge in [0.25, 0.3) is 12.1 Å². The molecule has 0 amide bonds. The highest BCUT2D eigenvalue weighted by Gasteiger charge is 2.50. The van der Waals surface area contributed by atoms with E-state index in [1.165, 1.54) is 6.92 Å². The second-order valence-electron chi connectivity index (χ2n) is 5.60. The molecule has 10 nitrogen and oxygen atoms in total. The van der Waals surface area contributed by atoms with Crippen molar-refractivity contribution >= 4 is 5.78 Å². The molecule has 1 aliphatic rings. The maximum Gasteiger partial charge on any atom is 0.286 e. The molecule has 1 heterocycles. The third kappa shape index (κ3) is 6.16. The fourth-order valence-corrected chi connectivity index (χ4v) is 2.54. The third-order valence-corrected chi connectivity index (χ3v) is 3.78. The van der Waals surface area contributed by atoms with E-state index in [1.54, 1.807) is 0 Å². The highest BCUT2D eigenvalue weighted by Crippen LogP contribution is 2.24. The number of carbonyl (C=O) groups is 1. The molecule has 1 rings (SSSR count). The predicted octanol–water partition coefficient (Wildman–Crippen LogP) is 0.408. The highest BCUT2D eigenvalue weighted by atomic mass is 16.7. The standard InChI is InChI=1S/C13H22N2O8/c1-9(17)4-2-3-5-22-12-6-11(14(18)19)13(15(20)21)10(7-16)8-23-12/h10-13,16H,2-8H2,1H3. The van der Waals surface area contributed by atoms with Crippen LogP contribution in [0.3, 0.4) is 0 Å². The first kappa shape index (κ1) is 19.4. The van der Waals surface area contributed by atoms with Gasteiger partial charge in [0, 0.05) is 22.9 Å². The van der Waals surface area contributed by atoms with Crippen LogP contribution in [0, 0.1) is 26.1 Å². The van der Waals surface area contributed by atoms with Crippen molar-refractivity contribution in [3.05, 3.63) is 20.2 Å². The lowest BCUT2D eigenvalue weighted by Gasteiger charge is -2.17. The normalized spacial score (nSPS) is 28.1. The summed E-state index contributed by atoms with van der Waals surface area (Å²) >= 11 is 0. The van der Waals surface area contributed by atoms with Crippen LogP contribution in [0.2, 0.25) is 0 Å². The molecule has 0 saturated carbocycles. The predicted molar refractivity (Wildman–Crippen MR) is 77.0 cm³/mol. The average Bonchev–Trinajstić information content (AvgIpc) is 2.66. The van der Waals surface area contributed by atoms with E-state index in [-0.39, 0.29) is 25.4 Å². The van der Waals surface area contributed by atoms with Gasteiger partial charge in [0.15, 0.2) is 6.29 Å². The Hall–Kier alpha value is -1.65. The van der Waals surface area contributed by atoms with Crippen molar-refractivity contribution in [2.45, 2.75) is 51.0 Å². The molecule has 1 saturated heterocycles. The number of aliphatic hydroxyl groups excluding tert-OH is 1. The van der Waals surface area contributed by atoms with Crippen LogP contribution >= 0.6 is 0 Å². The lowest BCUT2D eigenvalue weighted by Crippen LogP contribution is -2.46. The zero-order valence-electron chi connectivity index (χ0n) is 13.0. The van der Waals surface area contributed by atoms with E-state index in [4.69, 9.17) is 9.47 Å². The maximum atomic E-state index is 11.2. The first-order valence-electron chi connectivity index (χ1n) is 7.47. The molecule has 1 aliphatic heterocycles. The molecule has 23 heavy (non-hydrogen) atoms. The van der Waals surface area contributed by atoms with Gasteiger partial charge in [-0.25, -0.2) is 0 Å². The van der Waals surface area contributed by atoms with E-state index in [2.05, 4.69) is 0 Å². The average molecular weight is 334 g/mol. The Kier molecular flexibility index (Phi) is 8.00.